The standard InChI is InChI=1S/C55H34N2.Pt/c1-3-15-37(16-4-1)39-27-29-56-53(33-39)49-35-43(31-41-19-7-9-21-45(41)49)55(51-25-13-11-23-47(51)48-24-12-14-26-52(48)55)44-32-42-20-8-10-22-46(42)50(36-44)54-34-40(28-30-57-54)38-17-5-2-6-18-38;/h1-34H;/q-2;+2. The van der Waals surface area contributed by atoms with Crippen LogP contribution < -0.4 is 0 Å². The molecule has 0 radical (unpaired) electrons. The molecule has 0 spiro atoms. The summed E-state index contributed by atoms with van der Waals surface area (Å²) in [5.74, 6) is 0. The molecule has 10 aromatic rings. The van der Waals surface area contributed by atoms with E-state index in [1.54, 1.807) is 0 Å². The van der Waals surface area contributed by atoms with Crippen LogP contribution in [0, 0.1) is 12.1 Å². The SMILES string of the molecule is [Pt+2].[c-]1c(C2(c3[c-]c(-c4cc(-c5ccccc5)ccn4)c4ccccc4c3)c3ccccc3-c3ccccc32)cc2ccccc2c1-c1cc(-c2ccccc2)ccn1. The molecule has 58 heavy (non-hydrogen) atoms. The second-order valence-electron chi connectivity index (χ2n) is 14.7. The maximum atomic E-state index is 5.02. The van der Waals surface area contributed by atoms with Crippen LogP contribution in [0.4, 0.5) is 0 Å². The molecule has 0 saturated heterocycles. The van der Waals surface area contributed by atoms with E-state index >= 15 is 0 Å². The van der Waals surface area contributed by atoms with Crippen LogP contribution in [0.25, 0.3) is 77.4 Å². The van der Waals surface area contributed by atoms with Crippen molar-refractivity contribution in [3.05, 3.63) is 241 Å². The molecule has 0 bridgehead atoms. The number of nitrogens with zero attached hydrogens (tertiary/aromatic N) is 2. The van der Waals surface area contributed by atoms with E-state index in [2.05, 4.69) is 206 Å². The Morgan fingerprint density at radius 3 is 1.22 bits per heavy atom. The van der Waals surface area contributed by atoms with E-state index in [9.17, 15) is 0 Å². The van der Waals surface area contributed by atoms with Gasteiger partial charge in [-0.3, -0.25) is 0 Å². The summed E-state index contributed by atoms with van der Waals surface area (Å²) in [6.07, 6.45) is 3.84. The number of benzene rings is 8. The van der Waals surface area contributed by atoms with E-state index in [0.29, 0.717) is 0 Å². The van der Waals surface area contributed by atoms with Gasteiger partial charge < -0.3 is 9.97 Å². The van der Waals surface area contributed by atoms with Crippen LogP contribution in [0.3, 0.4) is 0 Å². The quantitative estimate of drug-likeness (QED) is 0.155. The Kier molecular flexibility index (Phi) is 9.01. The second-order valence-corrected chi connectivity index (χ2v) is 14.7. The Balaban J connectivity index is 0.00000408. The summed E-state index contributed by atoms with van der Waals surface area (Å²) in [4.78, 5) is 10.0. The van der Waals surface area contributed by atoms with Crippen molar-refractivity contribution in [3.63, 3.8) is 0 Å². The molecule has 0 amide bonds. The van der Waals surface area contributed by atoms with Gasteiger partial charge in [-0.15, -0.1) is 57.3 Å². The summed E-state index contributed by atoms with van der Waals surface area (Å²) in [6.45, 7) is 0. The fraction of sp³-hybridized carbons (Fsp3) is 0.0182. The summed E-state index contributed by atoms with van der Waals surface area (Å²) >= 11 is 0. The molecule has 8 aromatic carbocycles. The number of rotatable bonds is 6. The molecule has 11 rings (SSSR count). The number of aromatic nitrogens is 2. The van der Waals surface area contributed by atoms with E-state index in [-0.39, 0.29) is 21.1 Å². The molecule has 0 atom stereocenters. The summed E-state index contributed by atoms with van der Waals surface area (Å²) in [6, 6.07) is 77.5. The third kappa shape index (κ3) is 5.75. The Morgan fingerprint density at radius 1 is 0.362 bits per heavy atom. The minimum atomic E-state index is -0.765. The zero-order chi connectivity index (χ0) is 37.8. The van der Waals surface area contributed by atoms with E-state index in [4.69, 9.17) is 9.97 Å². The molecule has 2 heterocycles. The van der Waals surface area contributed by atoms with Crippen molar-refractivity contribution in [2.45, 2.75) is 5.41 Å². The average molecular weight is 918 g/mol. The van der Waals surface area contributed by atoms with E-state index in [1.165, 1.54) is 22.3 Å². The number of fused-ring (bicyclic) bond motifs is 5. The average Bonchev–Trinajstić information content (AvgIpc) is 3.60. The normalized spacial score (nSPS) is 12.5. The van der Waals surface area contributed by atoms with Gasteiger partial charge in [-0.25, -0.2) is 0 Å². The molecule has 0 N–H and O–H groups in total. The van der Waals surface area contributed by atoms with Gasteiger partial charge in [-0.2, -0.15) is 0 Å². The van der Waals surface area contributed by atoms with Crippen molar-refractivity contribution in [3.8, 4) is 55.9 Å². The van der Waals surface area contributed by atoms with Crippen molar-refractivity contribution in [2.75, 3.05) is 0 Å². The van der Waals surface area contributed by atoms with Crippen LogP contribution in [0.1, 0.15) is 22.3 Å². The van der Waals surface area contributed by atoms with Crippen LogP contribution >= 0.6 is 0 Å². The van der Waals surface area contributed by atoms with Gasteiger partial charge in [0.1, 0.15) is 0 Å². The fourth-order valence-corrected chi connectivity index (χ4v) is 9.01. The van der Waals surface area contributed by atoms with Crippen LogP contribution in [0.15, 0.2) is 207 Å². The summed E-state index contributed by atoms with van der Waals surface area (Å²) in [5, 5.41) is 4.48. The first-order valence-corrected chi connectivity index (χ1v) is 19.4. The van der Waals surface area contributed by atoms with Crippen LogP contribution in [0.5, 0.6) is 0 Å². The first-order chi connectivity index (χ1) is 28.3. The van der Waals surface area contributed by atoms with Crippen molar-refractivity contribution in [1.82, 2.24) is 9.97 Å². The molecular weight excluding hydrogens is 884 g/mol. The summed E-state index contributed by atoms with van der Waals surface area (Å²) in [7, 11) is 0. The molecule has 274 valence electrons. The van der Waals surface area contributed by atoms with Crippen molar-refractivity contribution >= 4 is 21.5 Å². The van der Waals surface area contributed by atoms with E-state index in [0.717, 1.165) is 77.4 Å². The Labute approximate surface area is 352 Å². The van der Waals surface area contributed by atoms with Gasteiger partial charge >= 0.3 is 21.1 Å². The van der Waals surface area contributed by atoms with Gasteiger partial charge in [0.2, 0.25) is 0 Å². The second kappa shape index (κ2) is 14.6. The first-order valence-electron chi connectivity index (χ1n) is 19.4. The fourth-order valence-electron chi connectivity index (χ4n) is 9.01. The van der Waals surface area contributed by atoms with E-state index in [1.807, 2.05) is 12.4 Å². The maximum Gasteiger partial charge on any atom is 2.00 e. The van der Waals surface area contributed by atoms with Gasteiger partial charge in [0.15, 0.2) is 0 Å². The smallest absolute Gasteiger partial charge is 0.305 e. The van der Waals surface area contributed by atoms with Gasteiger partial charge in [0.05, 0.1) is 0 Å². The molecule has 3 heteroatoms. The van der Waals surface area contributed by atoms with Gasteiger partial charge in [0.25, 0.3) is 0 Å². The summed E-state index contributed by atoms with van der Waals surface area (Å²) in [5.41, 5.74) is 14.4. The maximum absolute atomic E-state index is 5.02. The Bertz CT molecular complexity index is 2920. The van der Waals surface area contributed by atoms with Gasteiger partial charge in [-0.05, 0) is 68.0 Å². The Morgan fingerprint density at radius 2 is 0.759 bits per heavy atom. The van der Waals surface area contributed by atoms with Crippen LogP contribution in [0.2, 0.25) is 0 Å². The van der Waals surface area contributed by atoms with E-state index < -0.39 is 5.41 Å². The minimum absolute atomic E-state index is 0. The Hall–Kier alpha value is -6.73. The van der Waals surface area contributed by atoms with Crippen molar-refractivity contribution in [1.29, 1.82) is 0 Å². The number of pyridine rings is 2. The molecule has 0 fully saturated rings. The first kappa shape index (κ1) is 35.7. The molecule has 2 nitrogen and oxygen atoms in total. The van der Waals surface area contributed by atoms with Crippen molar-refractivity contribution < 1.29 is 21.1 Å². The zero-order valence-electron chi connectivity index (χ0n) is 31.3. The molecule has 0 saturated carbocycles. The van der Waals surface area contributed by atoms with Gasteiger partial charge in [-0.1, -0.05) is 181 Å². The van der Waals surface area contributed by atoms with Crippen LogP contribution in [-0.4, -0.2) is 9.97 Å². The van der Waals surface area contributed by atoms with Gasteiger partial charge in [0, 0.05) is 17.8 Å². The predicted octanol–water partition coefficient (Wildman–Crippen LogP) is 13.4. The molecule has 1 aliphatic rings. The number of hydrogen-bond acceptors (Lipinski definition) is 2. The van der Waals surface area contributed by atoms with Crippen LogP contribution in [-0.2, 0) is 26.5 Å². The largest absolute Gasteiger partial charge is 2.00 e. The number of hydrogen-bond donors (Lipinski definition) is 0. The molecule has 1 aliphatic carbocycles. The molecule has 0 unspecified atom stereocenters. The molecule has 0 aliphatic heterocycles. The minimum Gasteiger partial charge on any atom is -0.305 e. The third-order valence-corrected chi connectivity index (χ3v) is 11.6. The summed E-state index contributed by atoms with van der Waals surface area (Å²) < 4.78 is 0. The monoisotopic (exact) mass is 917 g/mol. The molecular formula is C55H34N2Pt. The topological polar surface area (TPSA) is 25.8 Å². The molecule has 2 aromatic heterocycles. The third-order valence-electron chi connectivity index (χ3n) is 11.6. The predicted molar refractivity (Wildman–Crippen MR) is 234 cm³/mol. The van der Waals surface area contributed by atoms with Crippen molar-refractivity contribution in [2.24, 2.45) is 0 Å². The zero-order valence-corrected chi connectivity index (χ0v) is 33.6.